The third-order valence-electron chi connectivity index (χ3n) is 2.87. The van der Waals surface area contributed by atoms with Gasteiger partial charge < -0.3 is 20.0 Å². The van der Waals surface area contributed by atoms with Crippen LogP contribution in [-0.2, 0) is 22.1 Å². The molecule has 1 atom stereocenters. The molecule has 1 rings (SSSR count). The lowest BCUT2D eigenvalue weighted by Gasteiger charge is -2.24. The Bertz CT molecular complexity index is 594. The third-order valence-corrected chi connectivity index (χ3v) is 2.87. The van der Waals surface area contributed by atoms with Gasteiger partial charge in [0, 0.05) is 18.4 Å². The molecule has 24 heavy (non-hydrogen) atoms. The highest BCUT2D eigenvalue weighted by Gasteiger charge is 2.30. The molecule has 0 bridgehead atoms. The van der Waals surface area contributed by atoms with Crippen LogP contribution in [0.25, 0.3) is 0 Å². The van der Waals surface area contributed by atoms with E-state index in [2.05, 4.69) is 5.32 Å². The molecule has 0 aliphatic rings. The normalized spacial score (nSPS) is 13.2. The van der Waals surface area contributed by atoms with Crippen LogP contribution in [0.2, 0.25) is 0 Å². The second-order valence-electron chi connectivity index (χ2n) is 6.32. The topological polar surface area (TPSA) is 78.5 Å². The smallest absolute Gasteiger partial charge is 0.416 e. The molecule has 0 heterocycles. The minimum atomic E-state index is -4.50. The minimum Gasteiger partial charge on any atom is -0.550 e. The van der Waals surface area contributed by atoms with Crippen molar-refractivity contribution in [1.29, 1.82) is 0 Å². The standard InChI is InChI=1S/C16H20F3NO4/c1-15(2,3)24-14(23)20-12(9-13(21)22)8-10-5-4-6-11(7-10)16(17,18)19/h4-7,12H,8-9H2,1-3H3,(H,20,23)(H,21,22)/p-1/t12-/m1/s1. The van der Waals surface area contributed by atoms with Crippen LogP contribution in [0, 0.1) is 0 Å². The molecule has 0 aliphatic heterocycles. The Morgan fingerprint density at radius 2 is 1.88 bits per heavy atom. The van der Waals surface area contributed by atoms with Crippen LogP contribution < -0.4 is 10.4 Å². The molecule has 0 radical (unpaired) electrons. The van der Waals surface area contributed by atoms with Crippen LogP contribution in [0.5, 0.6) is 0 Å². The van der Waals surface area contributed by atoms with Crippen LogP contribution in [0.15, 0.2) is 24.3 Å². The molecule has 0 aromatic heterocycles. The van der Waals surface area contributed by atoms with Crippen molar-refractivity contribution in [3.05, 3.63) is 35.4 Å². The van der Waals surface area contributed by atoms with Crippen molar-refractivity contribution in [3.63, 3.8) is 0 Å². The monoisotopic (exact) mass is 346 g/mol. The number of amides is 1. The van der Waals surface area contributed by atoms with Gasteiger partial charge in [-0.05, 0) is 38.8 Å². The summed E-state index contributed by atoms with van der Waals surface area (Å²) in [5, 5.41) is 13.2. The molecule has 0 aliphatic carbocycles. The van der Waals surface area contributed by atoms with Crippen molar-refractivity contribution >= 4 is 12.1 Å². The maximum atomic E-state index is 12.7. The van der Waals surface area contributed by atoms with E-state index in [0.717, 1.165) is 12.1 Å². The van der Waals surface area contributed by atoms with Gasteiger partial charge in [0.25, 0.3) is 0 Å². The first kappa shape index (κ1) is 19.8. The van der Waals surface area contributed by atoms with Crippen molar-refractivity contribution in [2.75, 3.05) is 0 Å². The van der Waals surface area contributed by atoms with Gasteiger partial charge in [0.05, 0.1) is 5.56 Å². The molecule has 8 heteroatoms. The maximum Gasteiger partial charge on any atom is 0.416 e. The van der Waals surface area contributed by atoms with Crippen molar-refractivity contribution in [3.8, 4) is 0 Å². The summed E-state index contributed by atoms with van der Waals surface area (Å²) in [6, 6.07) is 3.53. The second kappa shape index (κ2) is 7.55. The molecule has 0 spiro atoms. The molecule has 1 N–H and O–H groups in total. The third kappa shape index (κ3) is 7.34. The number of carboxylic acid groups (broad SMARTS) is 1. The number of alkyl carbamates (subject to hydrolysis) is 1. The number of hydrogen-bond acceptors (Lipinski definition) is 4. The Hall–Kier alpha value is -2.25. The van der Waals surface area contributed by atoms with Gasteiger partial charge >= 0.3 is 12.3 Å². The summed E-state index contributed by atoms with van der Waals surface area (Å²) < 4.78 is 43.2. The summed E-state index contributed by atoms with van der Waals surface area (Å²) in [6.07, 6.45) is -5.99. The lowest BCUT2D eigenvalue weighted by Crippen LogP contribution is -2.43. The SMILES string of the molecule is CC(C)(C)OC(=O)N[C@@H](CC(=O)[O-])Cc1cccc(C(F)(F)F)c1. The number of rotatable bonds is 5. The molecule has 0 unspecified atom stereocenters. The molecule has 0 saturated heterocycles. The van der Waals surface area contributed by atoms with Gasteiger partial charge in [-0.15, -0.1) is 0 Å². The number of aliphatic carboxylic acids is 1. The summed E-state index contributed by atoms with van der Waals surface area (Å²) in [4.78, 5) is 22.5. The molecule has 134 valence electrons. The number of nitrogens with one attached hydrogen (secondary N) is 1. The Morgan fingerprint density at radius 1 is 1.25 bits per heavy atom. The molecule has 1 amide bonds. The Morgan fingerprint density at radius 3 is 2.38 bits per heavy atom. The molecule has 1 aromatic rings. The van der Waals surface area contributed by atoms with Gasteiger partial charge in [0.15, 0.2) is 0 Å². The zero-order valence-electron chi connectivity index (χ0n) is 13.6. The lowest BCUT2D eigenvalue weighted by molar-refractivity contribution is -0.306. The van der Waals surface area contributed by atoms with Crippen molar-refractivity contribution in [2.45, 2.75) is 51.4 Å². The Labute approximate surface area is 137 Å². The van der Waals surface area contributed by atoms with Crippen LogP contribution in [0.4, 0.5) is 18.0 Å². The molecule has 0 fully saturated rings. The van der Waals surface area contributed by atoms with Crippen LogP contribution >= 0.6 is 0 Å². The number of ether oxygens (including phenoxy) is 1. The van der Waals surface area contributed by atoms with E-state index in [1.807, 2.05) is 0 Å². The number of hydrogen-bond donors (Lipinski definition) is 1. The fraction of sp³-hybridized carbons (Fsp3) is 0.500. The summed E-state index contributed by atoms with van der Waals surface area (Å²) in [7, 11) is 0. The Kier molecular flexibility index (Phi) is 6.22. The average molecular weight is 346 g/mol. The number of halogens is 3. The number of carboxylic acids is 1. The van der Waals surface area contributed by atoms with Gasteiger partial charge in [-0.2, -0.15) is 13.2 Å². The van der Waals surface area contributed by atoms with Crippen molar-refractivity contribution < 1.29 is 32.6 Å². The van der Waals surface area contributed by atoms with Crippen molar-refractivity contribution in [1.82, 2.24) is 5.32 Å². The van der Waals surface area contributed by atoms with E-state index in [1.54, 1.807) is 20.8 Å². The predicted octanol–water partition coefficient (Wildman–Crippen LogP) is 2.28. The second-order valence-corrected chi connectivity index (χ2v) is 6.32. The first-order valence-electron chi connectivity index (χ1n) is 7.22. The summed E-state index contributed by atoms with van der Waals surface area (Å²) in [5.74, 6) is -1.43. The highest BCUT2D eigenvalue weighted by molar-refractivity contribution is 5.70. The van der Waals surface area contributed by atoms with Crippen LogP contribution in [0.1, 0.15) is 38.3 Å². The lowest BCUT2D eigenvalue weighted by atomic mass is 10.0. The van der Waals surface area contributed by atoms with Gasteiger partial charge in [-0.25, -0.2) is 4.79 Å². The first-order valence-corrected chi connectivity index (χ1v) is 7.22. The van der Waals surface area contributed by atoms with Crippen molar-refractivity contribution in [2.24, 2.45) is 0 Å². The van der Waals surface area contributed by atoms with E-state index in [4.69, 9.17) is 4.74 Å². The van der Waals surface area contributed by atoms with Gasteiger partial charge in [-0.3, -0.25) is 0 Å². The molecule has 5 nitrogen and oxygen atoms in total. The number of alkyl halides is 3. The van der Waals surface area contributed by atoms with Crippen LogP contribution in [0.3, 0.4) is 0 Å². The fourth-order valence-corrected chi connectivity index (χ4v) is 2.01. The first-order chi connectivity index (χ1) is 10.9. The Balaban J connectivity index is 2.87. The molecular weight excluding hydrogens is 327 g/mol. The maximum absolute atomic E-state index is 12.7. The van der Waals surface area contributed by atoms with E-state index in [1.165, 1.54) is 12.1 Å². The van der Waals surface area contributed by atoms with Crippen LogP contribution in [-0.4, -0.2) is 23.7 Å². The quantitative estimate of drug-likeness (QED) is 0.887. The van der Waals surface area contributed by atoms with E-state index in [-0.39, 0.29) is 12.0 Å². The van der Waals surface area contributed by atoms with E-state index < -0.39 is 41.9 Å². The zero-order chi connectivity index (χ0) is 18.5. The van der Waals surface area contributed by atoms with E-state index >= 15 is 0 Å². The van der Waals surface area contributed by atoms with Gasteiger partial charge in [0.1, 0.15) is 5.60 Å². The minimum absolute atomic E-state index is 0.100. The number of benzene rings is 1. The fourth-order valence-electron chi connectivity index (χ4n) is 2.01. The average Bonchev–Trinajstić information content (AvgIpc) is 2.34. The van der Waals surface area contributed by atoms with E-state index in [0.29, 0.717) is 0 Å². The van der Waals surface area contributed by atoms with Gasteiger partial charge in [-0.1, -0.05) is 18.2 Å². The highest BCUT2D eigenvalue weighted by Crippen LogP contribution is 2.29. The summed E-state index contributed by atoms with van der Waals surface area (Å²) in [5.41, 5.74) is -1.39. The number of carbonyl (C=O) groups excluding carboxylic acids is 2. The molecule has 1 aromatic carbocycles. The predicted molar refractivity (Wildman–Crippen MR) is 77.9 cm³/mol. The largest absolute Gasteiger partial charge is 0.550 e. The zero-order valence-corrected chi connectivity index (χ0v) is 13.6. The summed E-state index contributed by atoms with van der Waals surface area (Å²) >= 11 is 0. The summed E-state index contributed by atoms with van der Waals surface area (Å²) in [6.45, 7) is 4.90. The number of carbonyl (C=O) groups is 2. The highest BCUT2D eigenvalue weighted by atomic mass is 19.4. The molecular formula is C16H19F3NO4-. The molecule has 0 saturated carbocycles. The van der Waals surface area contributed by atoms with E-state index in [9.17, 15) is 27.9 Å². The van der Waals surface area contributed by atoms with Gasteiger partial charge in [0.2, 0.25) is 0 Å².